The minimum atomic E-state index is -0.308. The van der Waals surface area contributed by atoms with Gasteiger partial charge >= 0.3 is 0 Å². The topological polar surface area (TPSA) is 69.0 Å². The van der Waals surface area contributed by atoms with E-state index in [4.69, 9.17) is 4.74 Å². The summed E-state index contributed by atoms with van der Waals surface area (Å²) in [6.07, 6.45) is 0. The summed E-state index contributed by atoms with van der Waals surface area (Å²) in [5.74, 6) is 1.46. The molecule has 1 amide bonds. The lowest BCUT2D eigenvalue weighted by Crippen LogP contribution is -2.22. The fourth-order valence-corrected chi connectivity index (χ4v) is 3.40. The number of aryl methyl sites for hydroxylation is 1. The lowest BCUT2D eigenvalue weighted by Gasteiger charge is -2.12. The van der Waals surface area contributed by atoms with E-state index in [-0.39, 0.29) is 11.2 Å². The maximum Gasteiger partial charge on any atom is 0.237 e. The van der Waals surface area contributed by atoms with Crippen molar-refractivity contribution in [2.75, 3.05) is 12.4 Å². The Morgan fingerprint density at radius 2 is 1.93 bits per heavy atom. The molecule has 140 valence electrons. The van der Waals surface area contributed by atoms with Gasteiger partial charge in [0.25, 0.3) is 0 Å². The molecule has 1 N–H and O–H groups in total. The van der Waals surface area contributed by atoms with Crippen LogP contribution in [0, 0.1) is 6.92 Å². The minimum absolute atomic E-state index is 0.0698. The second-order valence-electron chi connectivity index (χ2n) is 6.21. The van der Waals surface area contributed by atoms with Crippen molar-refractivity contribution >= 4 is 23.4 Å². The zero-order valence-electron chi connectivity index (χ0n) is 15.8. The molecule has 1 atom stereocenters. The molecule has 0 spiro atoms. The third kappa shape index (κ3) is 4.49. The van der Waals surface area contributed by atoms with Crippen LogP contribution < -0.4 is 10.1 Å². The molecular weight excluding hydrogens is 360 g/mol. The predicted molar refractivity (Wildman–Crippen MR) is 108 cm³/mol. The number of amides is 1. The molecule has 27 heavy (non-hydrogen) atoms. The molecule has 1 unspecified atom stereocenters. The largest absolute Gasteiger partial charge is 0.497 e. The molecule has 0 saturated carbocycles. The summed E-state index contributed by atoms with van der Waals surface area (Å²) in [5.41, 5.74) is 2.84. The number of ether oxygens (including phenoxy) is 1. The number of carbonyl (C=O) groups is 1. The Kier molecular flexibility index (Phi) is 5.81. The number of anilines is 1. The number of thioether (sulfide) groups is 1. The van der Waals surface area contributed by atoms with Crippen molar-refractivity contribution in [2.45, 2.75) is 24.3 Å². The Morgan fingerprint density at radius 1 is 1.19 bits per heavy atom. The SMILES string of the molecule is COc1ccc(-c2nnc(SC(C)C(=O)Nc3cccc(C)c3)n2C)cc1. The zero-order valence-corrected chi connectivity index (χ0v) is 16.6. The molecule has 1 aromatic heterocycles. The standard InChI is InChI=1S/C20H22N4O2S/c1-13-6-5-7-16(12-13)21-19(25)14(2)27-20-23-22-18(24(20)3)15-8-10-17(26-4)11-9-15/h5-12,14H,1-4H3,(H,21,25). The van der Waals surface area contributed by atoms with Gasteiger partial charge in [-0.05, 0) is 55.8 Å². The van der Waals surface area contributed by atoms with Gasteiger partial charge in [0, 0.05) is 18.3 Å². The van der Waals surface area contributed by atoms with Gasteiger partial charge in [-0.1, -0.05) is 23.9 Å². The predicted octanol–water partition coefficient (Wildman–Crippen LogP) is 3.92. The highest BCUT2D eigenvalue weighted by Crippen LogP contribution is 2.27. The van der Waals surface area contributed by atoms with Crippen LogP contribution in [0.15, 0.2) is 53.7 Å². The van der Waals surface area contributed by atoms with Crippen molar-refractivity contribution in [1.82, 2.24) is 14.8 Å². The van der Waals surface area contributed by atoms with Crippen LogP contribution in [-0.2, 0) is 11.8 Å². The van der Waals surface area contributed by atoms with E-state index in [9.17, 15) is 4.79 Å². The number of hydrogen-bond acceptors (Lipinski definition) is 5. The summed E-state index contributed by atoms with van der Waals surface area (Å²) >= 11 is 1.38. The molecule has 7 heteroatoms. The third-order valence-corrected chi connectivity index (χ3v) is 5.25. The first kappa shape index (κ1) is 19.0. The van der Waals surface area contributed by atoms with Gasteiger partial charge in [-0.2, -0.15) is 0 Å². The van der Waals surface area contributed by atoms with Gasteiger partial charge < -0.3 is 14.6 Å². The molecule has 6 nitrogen and oxygen atoms in total. The summed E-state index contributed by atoms with van der Waals surface area (Å²) in [7, 11) is 3.53. The molecule has 0 fully saturated rings. The molecule has 0 aliphatic heterocycles. The van der Waals surface area contributed by atoms with Crippen molar-refractivity contribution in [1.29, 1.82) is 0 Å². The van der Waals surface area contributed by atoms with E-state index >= 15 is 0 Å². The Labute approximate surface area is 163 Å². The smallest absolute Gasteiger partial charge is 0.237 e. The molecule has 0 aliphatic carbocycles. The van der Waals surface area contributed by atoms with E-state index in [0.29, 0.717) is 5.16 Å². The summed E-state index contributed by atoms with van der Waals surface area (Å²) in [5, 5.41) is 11.8. The summed E-state index contributed by atoms with van der Waals surface area (Å²) in [4.78, 5) is 12.5. The Bertz CT molecular complexity index is 937. The Balaban J connectivity index is 1.70. The fourth-order valence-electron chi connectivity index (χ4n) is 2.59. The van der Waals surface area contributed by atoms with Gasteiger partial charge in [-0.15, -0.1) is 10.2 Å². The normalized spacial score (nSPS) is 11.9. The number of nitrogens with zero attached hydrogens (tertiary/aromatic N) is 3. The first-order valence-corrected chi connectivity index (χ1v) is 9.44. The number of hydrogen-bond donors (Lipinski definition) is 1. The molecule has 2 aromatic carbocycles. The Hall–Kier alpha value is -2.80. The number of rotatable bonds is 6. The molecule has 0 radical (unpaired) electrons. The summed E-state index contributed by atoms with van der Waals surface area (Å²) in [6.45, 7) is 3.85. The second-order valence-corrected chi connectivity index (χ2v) is 7.52. The average molecular weight is 382 g/mol. The monoisotopic (exact) mass is 382 g/mol. The van der Waals surface area contributed by atoms with E-state index in [1.54, 1.807) is 7.11 Å². The van der Waals surface area contributed by atoms with Crippen LogP contribution in [0.2, 0.25) is 0 Å². The van der Waals surface area contributed by atoms with E-state index in [0.717, 1.165) is 28.4 Å². The maximum absolute atomic E-state index is 12.5. The van der Waals surface area contributed by atoms with Crippen LogP contribution in [0.1, 0.15) is 12.5 Å². The van der Waals surface area contributed by atoms with Crippen molar-refractivity contribution in [2.24, 2.45) is 7.05 Å². The van der Waals surface area contributed by atoms with Crippen molar-refractivity contribution in [3.05, 3.63) is 54.1 Å². The zero-order chi connectivity index (χ0) is 19.4. The number of methoxy groups -OCH3 is 1. The van der Waals surface area contributed by atoms with Gasteiger partial charge in [-0.3, -0.25) is 4.79 Å². The van der Waals surface area contributed by atoms with Crippen LogP contribution >= 0.6 is 11.8 Å². The number of nitrogens with one attached hydrogen (secondary N) is 1. The summed E-state index contributed by atoms with van der Waals surface area (Å²) < 4.78 is 7.08. The van der Waals surface area contributed by atoms with Crippen molar-refractivity contribution < 1.29 is 9.53 Å². The van der Waals surface area contributed by atoms with Crippen LogP contribution in [0.4, 0.5) is 5.69 Å². The van der Waals surface area contributed by atoms with Gasteiger partial charge in [-0.25, -0.2) is 0 Å². The van der Waals surface area contributed by atoms with Crippen molar-refractivity contribution in [3.63, 3.8) is 0 Å². The molecule has 0 bridgehead atoms. The van der Waals surface area contributed by atoms with Gasteiger partial charge in [0.1, 0.15) is 5.75 Å². The second kappa shape index (κ2) is 8.26. The van der Waals surface area contributed by atoms with Crippen LogP contribution in [0.3, 0.4) is 0 Å². The van der Waals surface area contributed by atoms with Gasteiger partial charge in [0.05, 0.1) is 12.4 Å². The molecule has 1 heterocycles. The highest BCUT2D eigenvalue weighted by Gasteiger charge is 2.19. The van der Waals surface area contributed by atoms with Crippen molar-refractivity contribution in [3.8, 4) is 17.1 Å². The molecule has 3 rings (SSSR count). The highest BCUT2D eigenvalue weighted by atomic mass is 32.2. The first-order valence-electron chi connectivity index (χ1n) is 8.56. The fraction of sp³-hybridized carbons (Fsp3) is 0.250. The molecular formula is C20H22N4O2S. The van der Waals surface area contributed by atoms with Crippen LogP contribution in [-0.4, -0.2) is 33.0 Å². The first-order chi connectivity index (χ1) is 13.0. The quantitative estimate of drug-likeness (QED) is 0.655. The van der Waals surface area contributed by atoms with Crippen LogP contribution in [0.5, 0.6) is 5.75 Å². The van der Waals surface area contributed by atoms with Gasteiger partial charge in [0.15, 0.2) is 11.0 Å². The van der Waals surface area contributed by atoms with E-state index < -0.39 is 0 Å². The van der Waals surface area contributed by atoms with Gasteiger partial charge in [0.2, 0.25) is 5.91 Å². The molecule has 0 aliphatic rings. The Morgan fingerprint density at radius 3 is 2.59 bits per heavy atom. The van der Waals surface area contributed by atoms with Crippen LogP contribution in [0.25, 0.3) is 11.4 Å². The summed E-state index contributed by atoms with van der Waals surface area (Å²) in [6, 6.07) is 15.4. The van der Waals surface area contributed by atoms with E-state index in [1.807, 2.05) is 74.0 Å². The average Bonchev–Trinajstić information content (AvgIpc) is 3.02. The molecule has 3 aromatic rings. The number of carbonyl (C=O) groups excluding carboxylic acids is 1. The lowest BCUT2D eigenvalue weighted by atomic mass is 10.2. The van der Waals surface area contributed by atoms with E-state index in [1.165, 1.54) is 11.8 Å². The lowest BCUT2D eigenvalue weighted by molar-refractivity contribution is -0.115. The van der Waals surface area contributed by atoms with E-state index in [2.05, 4.69) is 15.5 Å². The third-order valence-electron chi connectivity index (χ3n) is 4.12. The minimum Gasteiger partial charge on any atom is -0.497 e. The number of benzene rings is 2. The number of aromatic nitrogens is 3. The molecule has 0 saturated heterocycles. The highest BCUT2D eigenvalue weighted by molar-refractivity contribution is 8.00. The maximum atomic E-state index is 12.5.